The summed E-state index contributed by atoms with van der Waals surface area (Å²) in [4.78, 5) is 25.0. The molecule has 0 spiro atoms. The number of phenols is 1. The molecule has 2 aromatic carbocycles. The number of aromatic nitrogens is 1. The zero-order chi connectivity index (χ0) is 19.9. The van der Waals surface area contributed by atoms with E-state index in [0.29, 0.717) is 21.7 Å². The molecule has 0 aliphatic carbocycles. The van der Waals surface area contributed by atoms with Crippen molar-refractivity contribution in [3.05, 3.63) is 63.0 Å². The average molecular weight is 409 g/mol. The second-order valence-electron chi connectivity index (χ2n) is 6.00. The van der Waals surface area contributed by atoms with Crippen LogP contribution in [0.1, 0.15) is 21.6 Å². The summed E-state index contributed by atoms with van der Waals surface area (Å²) in [5, 5.41) is 13.2. The molecule has 0 aliphatic heterocycles. The van der Waals surface area contributed by atoms with Crippen LogP contribution in [-0.2, 0) is 11.2 Å². The first-order valence-electron chi connectivity index (χ1n) is 7.97. The molecule has 0 aliphatic rings. The number of hydrogen-bond donors (Lipinski definition) is 2. The number of carbonyl (C=O) groups excluding carboxylic acids is 2. The molecule has 0 radical (unpaired) electrons. The summed E-state index contributed by atoms with van der Waals surface area (Å²) in [5.74, 6) is -2.15. The molecule has 0 bridgehead atoms. The van der Waals surface area contributed by atoms with Gasteiger partial charge in [-0.1, -0.05) is 23.2 Å². The third kappa shape index (κ3) is 3.38. The van der Waals surface area contributed by atoms with Gasteiger partial charge in [-0.3, -0.25) is 14.2 Å². The van der Waals surface area contributed by atoms with E-state index in [1.807, 2.05) is 0 Å². The Kier molecular flexibility index (Phi) is 5.13. The summed E-state index contributed by atoms with van der Waals surface area (Å²) in [6, 6.07) is 6.72. The third-order valence-electron chi connectivity index (χ3n) is 4.39. The largest absolute Gasteiger partial charge is 0.505 e. The van der Waals surface area contributed by atoms with Crippen molar-refractivity contribution >= 4 is 45.9 Å². The Morgan fingerprint density at radius 1 is 1.19 bits per heavy atom. The topological polar surface area (TPSA) is 71.3 Å². The maximum atomic E-state index is 14.0. The molecule has 0 atom stereocenters. The molecular formula is C19H15Cl2FN2O3. The number of likely N-dealkylation sites (N-methyl/N-ethyl adjacent to an activating group) is 1. The van der Waals surface area contributed by atoms with Gasteiger partial charge in [0.1, 0.15) is 0 Å². The first kappa shape index (κ1) is 19.2. The molecule has 140 valence electrons. The van der Waals surface area contributed by atoms with Crippen LogP contribution in [0.15, 0.2) is 30.3 Å². The lowest BCUT2D eigenvalue weighted by Crippen LogP contribution is -2.20. The molecule has 0 fully saturated rings. The van der Waals surface area contributed by atoms with Crippen LogP contribution in [-0.4, -0.2) is 28.5 Å². The van der Waals surface area contributed by atoms with Crippen molar-refractivity contribution in [2.24, 2.45) is 0 Å². The quantitative estimate of drug-likeness (QED) is 0.685. The molecule has 1 aromatic heterocycles. The second-order valence-corrected chi connectivity index (χ2v) is 6.82. The number of rotatable bonds is 3. The average Bonchev–Trinajstić information content (AvgIpc) is 2.88. The van der Waals surface area contributed by atoms with Crippen molar-refractivity contribution in [3.8, 4) is 5.75 Å². The van der Waals surface area contributed by atoms with Crippen molar-refractivity contribution in [1.82, 2.24) is 9.88 Å². The number of fused-ring (bicyclic) bond motifs is 1. The van der Waals surface area contributed by atoms with E-state index in [1.165, 1.54) is 35.9 Å². The van der Waals surface area contributed by atoms with Crippen LogP contribution in [0.4, 0.5) is 4.39 Å². The molecule has 1 heterocycles. The first-order chi connectivity index (χ1) is 12.7. The van der Waals surface area contributed by atoms with E-state index >= 15 is 0 Å². The fourth-order valence-corrected chi connectivity index (χ4v) is 3.28. The van der Waals surface area contributed by atoms with Crippen LogP contribution in [0, 0.1) is 12.7 Å². The Morgan fingerprint density at radius 2 is 1.89 bits per heavy atom. The van der Waals surface area contributed by atoms with Crippen LogP contribution in [0.25, 0.3) is 10.9 Å². The molecule has 1 amide bonds. The summed E-state index contributed by atoms with van der Waals surface area (Å²) in [6.45, 7) is 1.66. The minimum absolute atomic E-state index is 0.0223. The van der Waals surface area contributed by atoms with Crippen LogP contribution in [0.2, 0.25) is 10.0 Å². The minimum Gasteiger partial charge on any atom is -0.505 e. The number of benzene rings is 2. The highest BCUT2D eigenvalue weighted by molar-refractivity contribution is 6.42. The van der Waals surface area contributed by atoms with Gasteiger partial charge >= 0.3 is 0 Å². The van der Waals surface area contributed by atoms with E-state index in [1.54, 1.807) is 6.92 Å². The van der Waals surface area contributed by atoms with Gasteiger partial charge in [0.15, 0.2) is 11.6 Å². The monoisotopic (exact) mass is 408 g/mol. The molecule has 27 heavy (non-hydrogen) atoms. The number of phenolic OH excluding ortho intramolecular Hbond substituents is 1. The number of aromatic hydroxyl groups is 1. The number of amides is 1. The molecule has 3 rings (SSSR count). The summed E-state index contributed by atoms with van der Waals surface area (Å²) in [5.41, 5.74) is 1.49. The molecule has 0 saturated carbocycles. The predicted molar refractivity (Wildman–Crippen MR) is 102 cm³/mol. The van der Waals surface area contributed by atoms with Gasteiger partial charge in [0, 0.05) is 29.8 Å². The van der Waals surface area contributed by atoms with Crippen LogP contribution < -0.4 is 5.32 Å². The zero-order valence-corrected chi connectivity index (χ0v) is 16.0. The number of hydrogen-bond acceptors (Lipinski definition) is 3. The summed E-state index contributed by atoms with van der Waals surface area (Å²) in [7, 11) is 1.49. The SMILES string of the molecule is CNC(=O)Cc1c(C)n(C(=O)c2ccc(Cl)c(Cl)c2)c2cc(F)c(O)cc12. The normalized spacial score (nSPS) is 11.0. The highest BCUT2D eigenvalue weighted by Crippen LogP contribution is 2.32. The Balaban J connectivity index is 2.26. The maximum absolute atomic E-state index is 14.0. The van der Waals surface area contributed by atoms with Gasteiger partial charge in [-0.05, 0) is 36.8 Å². The molecule has 3 aromatic rings. The van der Waals surface area contributed by atoms with E-state index in [0.717, 1.165) is 6.07 Å². The van der Waals surface area contributed by atoms with Crippen molar-refractivity contribution in [3.63, 3.8) is 0 Å². The van der Waals surface area contributed by atoms with Gasteiger partial charge in [0.2, 0.25) is 5.91 Å². The molecule has 2 N–H and O–H groups in total. The summed E-state index contributed by atoms with van der Waals surface area (Å²) < 4.78 is 15.3. The number of nitrogens with one attached hydrogen (secondary N) is 1. The van der Waals surface area contributed by atoms with Gasteiger partial charge < -0.3 is 10.4 Å². The zero-order valence-electron chi connectivity index (χ0n) is 14.4. The maximum Gasteiger partial charge on any atom is 0.262 e. The second kappa shape index (κ2) is 7.21. The fourth-order valence-electron chi connectivity index (χ4n) is 2.98. The smallest absolute Gasteiger partial charge is 0.262 e. The fraction of sp³-hybridized carbons (Fsp3) is 0.158. The van der Waals surface area contributed by atoms with E-state index in [9.17, 15) is 19.1 Å². The highest BCUT2D eigenvalue weighted by atomic mass is 35.5. The molecule has 0 unspecified atom stereocenters. The van der Waals surface area contributed by atoms with E-state index in [-0.39, 0.29) is 28.4 Å². The third-order valence-corrected chi connectivity index (χ3v) is 5.13. The first-order valence-corrected chi connectivity index (χ1v) is 8.73. The molecule has 0 saturated heterocycles. The predicted octanol–water partition coefficient (Wildman–Crippen LogP) is 4.08. The molecule has 8 heteroatoms. The van der Waals surface area contributed by atoms with Gasteiger partial charge in [-0.25, -0.2) is 4.39 Å². The standard InChI is InChI=1S/C19H15Cl2FN2O3/c1-9-11(7-18(26)23-2)12-6-17(25)15(22)8-16(12)24(9)19(27)10-3-4-13(20)14(21)5-10/h3-6,8,25H,7H2,1-2H3,(H,23,26). The van der Waals surface area contributed by atoms with Crippen LogP contribution in [0.5, 0.6) is 5.75 Å². The number of halogens is 3. The molecular weight excluding hydrogens is 394 g/mol. The van der Waals surface area contributed by atoms with Crippen LogP contribution in [0.3, 0.4) is 0 Å². The Labute approximate surface area is 164 Å². The summed E-state index contributed by atoms with van der Waals surface area (Å²) in [6.07, 6.45) is -0.0223. The van der Waals surface area contributed by atoms with Gasteiger partial charge in [-0.15, -0.1) is 0 Å². The number of nitrogens with zero attached hydrogens (tertiary/aromatic N) is 1. The highest BCUT2D eigenvalue weighted by Gasteiger charge is 2.23. The molecule has 5 nitrogen and oxygen atoms in total. The van der Waals surface area contributed by atoms with E-state index in [2.05, 4.69) is 5.32 Å². The van der Waals surface area contributed by atoms with Gasteiger partial charge in [0.05, 0.1) is 22.0 Å². The van der Waals surface area contributed by atoms with Crippen molar-refractivity contribution in [2.45, 2.75) is 13.3 Å². The van der Waals surface area contributed by atoms with Gasteiger partial charge in [0.25, 0.3) is 5.91 Å². The Bertz CT molecular complexity index is 1090. The Morgan fingerprint density at radius 3 is 2.52 bits per heavy atom. The van der Waals surface area contributed by atoms with E-state index < -0.39 is 17.5 Å². The van der Waals surface area contributed by atoms with Crippen molar-refractivity contribution < 1.29 is 19.1 Å². The lowest BCUT2D eigenvalue weighted by Gasteiger charge is -2.09. The van der Waals surface area contributed by atoms with Crippen molar-refractivity contribution in [2.75, 3.05) is 7.05 Å². The van der Waals surface area contributed by atoms with Crippen molar-refractivity contribution in [1.29, 1.82) is 0 Å². The van der Waals surface area contributed by atoms with Gasteiger partial charge in [-0.2, -0.15) is 0 Å². The lowest BCUT2D eigenvalue weighted by atomic mass is 10.1. The van der Waals surface area contributed by atoms with Crippen LogP contribution >= 0.6 is 23.2 Å². The van der Waals surface area contributed by atoms with E-state index in [4.69, 9.17) is 23.2 Å². The summed E-state index contributed by atoms with van der Waals surface area (Å²) >= 11 is 11.9. The Hall–Kier alpha value is -2.57. The number of carbonyl (C=O) groups is 2. The minimum atomic E-state index is -0.866. The lowest BCUT2D eigenvalue weighted by molar-refractivity contribution is -0.119.